The van der Waals surface area contributed by atoms with E-state index < -0.39 is 0 Å². The van der Waals surface area contributed by atoms with Crippen LogP contribution in [0.25, 0.3) is 16.2 Å². The van der Waals surface area contributed by atoms with Crippen molar-refractivity contribution in [1.82, 2.24) is 24.7 Å². The van der Waals surface area contributed by atoms with E-state index in [0.717, 1.165) is 16.6 Å². The fourth-order valence-electron chi connectivity index (χ4n) is 2.87. The summed E-state index contributed by atoms with van der Waals surface area (Å²) in [6.07, 6.45) is 1.56. The first-order valence-electron chi connectivity index (χ1n) is 8.87. The molecule has 0 aliphatic carbocycles. The molecular formula is C19H18N6O2S. The Labute approximate surface area is 164 Å². The number of thiazole rings is 1. The molecule has 1 amide bonds. The topological polar surface area (TPSA) is 106 Å². The summed E-state index contributed by atoms with van der Waals surface area (Å²) in [6.45, 7) is 3.82. The lowest BCUT2D eigenvalue weighted by Crippen LogP contribution is -2.19. The molecule has 3 heterocycles. The molecule has 8 nitrogen and oxygen atoms in total. The first-order valence-corrected chi connectivity index (χ1v) is 9.69. The van der Waals surface area contributed by atoms with Crippen molar-refractivity contribution in [2.24, 2.45) is 0 Å². The van der Waals surface area contributed by atoms with Crippen LogP contribution in [0.1, 0.15) is 34.5 Å². The van der Waals surface area contributed by atoms with Crippen LogP contribution in [0.15, 0.2) is 41.2 Å². The Morgan fingerprint density at radius 3 is 2.86 bits per heavy atom. The number of aromatic nitrogens is 5. The van der Waals surface area contributed by atoms with Gasteiger partial charge in [0.1, 0.15) is 5.82 Å². The fourth-order valence-corrected chi connectivity index (χ4v) is 3.73. The molecule has 0 aliphatic heterocycles. The van der Waals surface area contributed by atoms with Gasteiger partial charge in [-0.15, -0.1) is 11.3 Å². The number of carbonyl (C=O) groups excluding carboxylic acids is 1. The zero-order valence-electron chi connectivity index (χ0n) is 15.4. The number of carbonyl (C=O) groups is 1. The Balaban J connectivity index is 1.68. The van der Waals surface area contributed by atoms with Crippen molar-refractivity contribution in [3.05, 3.63) is 63.1 Å². The van der Waals surface area contributed by atoms with Crippen LogP contribution in [0.5, 0.6) is 0 Å². The number of fused-ring (bicyclic) bond motifs is 1. The molecule has 9 heteroatoms. The summed E-state index contributed by atoms with van der Waals surface area (Å²) < 4.78 is 2.37. The predicted octanol–water partition coefficient (Wildman–Crippen LogP) is 3.08. The number of benzene rings is 1. The molecule has 0 aliphatic rings. The van der Waals surface area contributed by atoms with Crippen molar-refractivity contribution in [1.29, 1.82) is 0 Å². The first kappa shape index (κ1) is 18.1. The second-order valence-electron chi connectivity index (χ2n) is 6.33. The quantitative estimate of drug-likeness (QED) is 0.541. The maximum absolute atomic E-state index is 12.7. The summed E-state index contributed by atoms with van der Waals surface area (Å²) in [5.41, 5.74) is 1.88. The van der Waals surface area contributed by atoms with Gasteiger partial charge in [-0.1, -0.05) is 25.5 Å². The normalized spacial score (nSPS) is 11.1. The van der Waals surface area contributed by atoms with Crippen molar-refractivity contribution in [3.8, 4) is 5.95 Å². The summed E-state index contributed by atoms with van der Waals surface area (Å²) in [6, 6.07) is 10.8. The van der Waals surface area contributed by atoms with Crippen molar-refractivity contribution < 1.29 is 4.79 Å². The maximum Gasteiger partial charge on any atom is 0.285 e. The van der Waals surface area contributed by atoms with E-state index >= 15 is 0 Å². The molecule has 0 saturated carbocycles. The van der Waals surface area contributed by atoms with Crippen LogP contribution in [0, 0.1) is 6.92 Å². The third-order valence-corrected chi connectivity index (χ3v) is 5.09. The highest BCUT2D eigenvalue weighted by Crippen LogP contribution is 2.23. The van der Waals surface area contributed by atoms with Gasteiger partial charge in [-0.05, 0) is 25.5 Å². The van der Waals surface area contributed by atoms with Crippen LogP contribution in [-0.2, 0) is 6.42 Å². The van der Waals surface area contributed by atoms with Gasteiger partial charge in [0.05, 0.1) is 15.9 Å². The van der Waals surface area contributed by atoms with Gasteiger partial charge in [0.15, 0.2) is 5.01 Å². The predicted molar refractivity (Wildman–Crippen MR) is 108 cm³/mol. The molecule has 1 aromatic carbocycles. The molecule has 4 rings (SSSR count). The first-order chi connectivity index (χ1) is 13.5. The number of anilines is 1. The highest BCUT2D eigenvalue weighted by atomic mass is 32.1. The van der Waals surface area contributed by atoms with Gasteiger partial charge in [-0.2, -0.15) is 9.78 Å². The molecule has 4 aromatic rings. The van der Waals surface area contributed by atoms with Crippen LogP contribution in [0.3, 0.4) is 0 Å². The molecule has 3 aromatic heterocycles. The minimum atomic E-state index is -0.339. The third kappa shape index (κ3) is 3.56. The molecule has 0 saturated heterocycles. The number of rotatable bonds is 5. The summed E-state index contributed by atoms with van der Waals surface area (Å²) in [5.74, 6) is 0.344. The largest absolute Gasteiger partial charge is 0.304 e. The zero-order chi connectivity index (χ0) is 19.7. The lowest BCUT2D eigenvalue weighted by molar-refractivity contribution is 0.102. The molecule has 28 heavy (non-hydrogen) atoms. The lowest BCUT2D eigenvalue weighted by atomic mass is 10.2. The van der Waals surface area contributed by atoms with E-state index in [0.29, 0.717) is 28.6 Å². The van der Waals surface area contributed by atoms with E-state index in [1.165, 1.54) is 22.1 Å². The van der Waals surface area contributed by atoms with Gasteiger partial charge < -0.3 is 5.32 Å². The molecule has 0 radical (unpaired) electrons. The summed E-state index contributed by atoms with van der Waals surface area (Å²) in [4.78, 5) is 36.2. The van der Waals surface area contributed by atoms with Gasteiger partial charge in [-0.25, -0.2) is 9.97 Å². The Kier molecular flexibility index (Phi) is 4.74. The number of aryl methyl sites for hydroxylation is 2. The smallest absolute Gasteiger partial charge is 0.285 e. The van der Waals surface area contributed by atoms with Crippen LogP contribution in [0.2, 0.25) is 0 Å². The molecule has 0 unspecified atom stereocenters. The van der Waals surface area contributed by atoms with E-state index in [1.54, 1.807) is 13.0 Å². The zero-order valence-corrected chi connectivity index (χ0v) is 16.2. The number of aromatic amines is 1. The number of hydrogen-bond donors (Lipinski definition) is 2. The van der Waals surface area contributed by atoms with Crippen LogP contribution >= 0.6 is 11.3 Å². The van der Waals surface area contributed by atoms with Crippen molar-refractivity contribution in [2.75, 3.05) is 5.32 Å². The van der Waals surface area contributed by atoms with Crippen molar-refractivity contribution >= 4 is 33.3 Å². The van der Waals surface area contributed by atoms with Crippen molar-refractivity contribution in [2.45, 2.75) is 26.7 Å². The number of nitrogens with one attached hydrogen (secondary N) is 2. The second-order valence-corrected chi connectivity index (χ2v) is 7.36. The molecule has 0 atom stereocenters. The van der Waals surface area contributed by atoms with E-state index in [1.807, 2.05) is 31.2 Å². The minimum Gasteiger partial charge on any atom is -0.304 e. The molecule has 0 fully saturated rings. The molecule has 2 N–H and O–H groups in total. The second kappa shape index (κ2) is 7.35. The number of hydrogen-bond acceptors (Lipinski definition) is 6. The molecule has 0 bridgehead atoms. The van der Waals surface area contributed by atoms with Gasteiger partial charge in [-0.3, -0.25) is 14.6 Å². The molecule has 0 spiro atoms. The van der Waals surface area contributed by atoms with E-state index in [2.05, 4.69) is 25.4 Å². The Morgan fingerprint density at radius 2 is 2.07 bits per heavy atom. The van der Waals surface area contributed by atoms with Crippen molar-refractivity contribution in [3.63, 3.8) is 0 Å². The number of H-pyrrole nitrogens is 1. The molecular weight excluding hydrogens is 376 g/mol. The SMILES string of the molecule is CCCc1cc(=O)[nH]c(-n2nc(C)cc2NC(=O)c2nc3ccccc3s2)n1. The van der Waals surface area contributed by atoms with Crippen LogP contribution in [-0.4, -0.2) is 30.6 Å². The van der Waals surface area contributed by atoms with E-state index in [-0.39, 0.29) is 17.4 Å². The Bertz CT molecular complexity index is 1190. The van der Waals surface area contributed by atoms with Gasteiger partial charge in [0.2, 0.25) is 5.95 Å². The van der Waals surface area contributed by atoms with Gasteiger partial charge in [0, 0.05) is 17.8 Å². The summed E-state index contributed by atoms with van der Waals surface area (Å²) in [5, 5.41) is 7.54. The Morgan fingerprint density at radius 1 is 1.25 bits per heavy atom. The standard InChI is InChI=1S/C19H18N6O2S/c1-3-6-12-10-16(26)23-19(20-12)25-15(9-11(2)24-25)22-17(27)18-21-13-7-4-5-8-14(13)28-18/h4-5,7-10H,3,6H2,1-2H3,(H,22,27)(H,20,23,26). The maximum atomic E-state index is 12.7. The summed E-state index contributed by atoms with van der Waals surface area (Å²) in [7, 11) is 0. The number of nitrogens with zero attached hydrogens (tertiary/aromatic N) is 4. The average molecular weight is 394 g/mol. The number of para-hydroxylation sites is 1. The fraction of sp³-hybridized carbons (Fsp3) is 0.211. The number of amides is 1. The minimum absolute atomic E-state index is 0.259. The lowest BCUT2D eigenvalue weighted by Gasteiger charge is -2.08. The van der Waals surface area contributed by atoms with E-state index in [4.69, 9.17) is 0 Å². The van der Waals surface area contributed by atoms with Crippen LogP contribution in [0.4, 0.5) is 5.82 Å². The molecule has 142 valence electrons. The summed E-state index contributed by atoms with van der Waals surface area (Å²) >= 11 is 1.32. The Hall–Kier alpha value is -3.33. The van der Waals surface area contributed by atoms with Gasteiger partial charge >= 0.3 is 0 Å². The highest BCUT2D eigenvalue weighted by molar-refractivity contribution is 7.20. The highest BCUT2D eigenvalue weighted by Gasteiger charge is 2.17. The van der Waals surface area contributed by atoms with Crippen LogP contribution < -0.4 is 10.9 Å². The van der Waals surface area contributed by atoms with E-state index in [9.17, 15) is 9.59 Å². The van der Waals surface area contributed by atoms with Gasteiger partial charge in [0.25, 0.3) is 11.5 Å². The monoisotopic (exact) mass is 394 g/mol. The third-order valence-electron chi connectivity index (χ3n) is 4.05. The average Bonchev–Trinajstić information content (AvgIpc) is 3.25.